The molecule has 0 aromatic rings. The first kappa shape index (κ1) is 37.0. The van der Waals surface area contributed by atoms with Crippen LogP contribution in [0.1, 0.15) is 123 Å². The molecule has 0 aliphatic carbocycles. The van der Waals surface area contributed by atoms with Gasteiger partial charge in [0.05, 0.1) is 25.4 Å². The van der Waals surface area contributed by atoms with Crippen LogP contribution in [-0.4, -0.2) is 87.5 Å². The standard InChI is InChI=1S/C31H59NO8/c1-3-5-7-8-9-10-11-12-13-14-15-16-17-18-19-20-25(34)24(32-27(35)21-6-4-2)23-39-31-30(38)29(37)28(36)26(22-33)40-31/h19-20,24-26,28-31,33-34,36-38H,3-18,21-23H2,1-2H3,(H,32,35)/b20-19+. The molecule has 0 saturated carbocycles. The number of carbonyl (C=O) groups excluding carboxylic acids is 1. The molecule has 0 aromatic carbocycles. The predicted octanol–water partition coefficient (Wildman–Crippen LogP) is 3.88. The lowest BCUT2D eigenvalue weighted by Crippen LogP contribution is -2.60. The molecule has 1 saturated heterocycles. The maximum atomic E-state index is 12.3. The van der Waals surface area contributed by atoms with Gasteiger partial charge in [0.15, 0.2) is 6.29 Å². The van der Waals surface area contributed by atoms with E-state index in [1.54, 1.807) is 6.08 Å². The maximum Gasteiger partial charge on any atom is 0.220 e. The Hall–Kier alpha value is -1.07. The smallest absolute Gasteiger partial charge is 0.220 e. The molecule has 40 heavy (non-hydrogen) atoms. The Morgan fingerprint density at radius 1 is 0.825 bits per heavy atom. The highest BCUT2D eigenvalue weighted by atomic mass is 16.7. The van der Waals surface area contributed by atoms with Gasteiger partial charge in [-0.15, -0.1) is 0 Å². The molecule has 0 radical (unpaired) electrons. The molecule has 0 bridgehead atoms. The number of aliphatic hydroxyl groups is 5. The van der Waals surface area contributed by atoms with Crippen molar-refractivity contribution in [2.24, 2.45) is 0 Å². The summed E-state index contributed by atoms with van der Waals surface area (Å²) in [7, 11) is 0. The van der Waals surface area contributed by atoms with Crippen molar-refractivity contribution in [2.75, 3.05) is 13.2 Å². The van der Waals surface area contributed by atoms with Crippen molar-refractivity contribution in [1.29, 1.82) is 0 Å². The normalized spacial score (nSPS) is 24.8. The number of allylic oxidation sites excluding steroid dienone is 1. The van der Waals surface area contributed by atoms with E-state index in [0.717, 1.165) is 32.1 Å². The average molecular weight is 574 g/mol. The van der Waals surface area contributed by atoms with E-state index < -0.39 is 49.5 Å². The first-order chi connectivity index (χ1) is 19.3. The van der Waals surface area contributed by atoms with Crippen molar-refractivity contribution in [2.45, 2.75) is 166 Å². The van der Waals surface area contributed by atoms with Crippen LogP contribution in [0, 0.1) is 0 Å². The summed E-state index contributed by atoms with van der Waals surface area (Å²) in [5, 5.41) is 53.1. The summed E-state index contributed by atoms with van der Waals surface area (Å²) in [5.74, 6) is -0.215. The second-order valence-corrected chi connectivity index (χ2v) is 11.3. The maximum absolute atomic E-state index is 12.3. The number of unbranched alkanes of at least 4 members (excludes halogenated alkanes) is 14. The number of rotatable bonds is 24. The van der Waals surface area contributed by atoms with Crippen molar-refractivity contribution in [3.8, 4) is 0 Å². The summed E-state index contributed by atoms with van der Waals surface area (Å²) >= 11 is 0. The van der Waals surface area contributed by atoms with Crippen LogP contribution in [-0.2, 0) is 14.3 Å². The first-order valence-corrected chi connectivity index (χ1v) is 15.9. The lowest BCUT2D eigenvalue weighted by Gasteiger charge is -2.40. The third kappa shape index (κ3) is 15.8. The molecule has 0 aromatic heterocycles. The summed E-state index contributed by atoms with van der Waals surface area (Å²) < 4.78 is 11.0. The van der Waals surface area contributed by atoms with Crippen molar-refractivity contribution < 1.29 is 39.8 Å². The molecule has 0 spiro atoms. The fraction of sp³-hybridized carbons (Fsp3) is 0.903. The molecule has 6 N–H and O–H groups in total. The van der Waals surface area contributed by atoms with E-state index >= 15 is 0 Å². The van der Waals surface area contributed by atoms with Crippen LogP contribution in [0.4, 0.5) is 0 Å². The summed E-state index contributed by atoms with van der Waals surface area (Å²) in [6.07, 6.45) is 15.1. The van der Waals surface area contributed by atoms with E-state index in [0.29, 0.717) is 6.42 Å². The number of aliphatic hydroxyl groups excluding tert-OH is 5. The van der Waals surface area contributed by atoms with E-state index in [9.17, 15) is 30.3 Å². The second-order valence-electron chi connectivity index (χ2n) is 11.3. The van der Waals surface area contributed by atoms with Gasteiger partial charge in [0.1, 0.15) is 24.4 Å². The van der Waals surface area contributed by atoms with Crippen LogP contribution in [0.15, 0.2) is 12.2 Å². The van der Waals surface area contributed by atoms with Gasteiger partial charge in [-0.05, 0) is 19.3 Å². The van der Waals surface area contributed by atoms with E-state index in [-0.39, 0.29) is 12.5 Å². The first-order valence-electron chi connectivity index (χ1n) is 15.9. The monoisotopic (exact) mass is 573 g/mol. The predicted molar refractivity (Wildman–Crippen MR) is 157 cm³/mol. The minimum absolute atomic E-state index is 0.190. The zero-order valence-electron chi connectivity index (χ0n) is 25.1. The quantitative estimate of drug-likeness (QED) is 0.0753. The van der Waals surface area contributed by atoms with Crippen molar-refractivity contribution in [1.82, 2.24) is 5.32 Å². The molecule has 7 atom stereocenters. The van der Waals surface area contributed by atoms with Gasteiger partial charge in [-0.1, -0.05) is 109 Å². The molecule has 1 rings (SSSR count). The molecular weight excluding hydrogens is 514 g/mol. The van der Waals surface area contributed by atoms with Gasteiger partial charge in [-0.2, -0.15) is 0 Å². The Labute approximate surface area is 242 Å². The van der Waals surface area contributed by atoms with Gasteiger partial charge in [0.25, 0.3) is 0 Å². The molecule has 1 fully saturated rings. The van der Waals surface area contributed by atoms with Crippen LogP contribution in [0.3, 0.4) is 0 Å². The summed E-state index contributed by atoms with van der Waals surface area (Å²) in [6, 6.07) is -0.792. The van der Waals surface area contributed by atoms with Gasteiger partial charge in [-0.25, -0.2) is 0 Å². The third-order valence-corrected chi connectivity index (χ3v) is 7.61. The molecule has 7 unspecified atom stereocenters. The fourth-order valence-corrected chi connectivity index (χ4v) is 4.90. The Kier molecular flexibility index (Phi) is 21.7. The SMILES string of the molecule is CCCCCCCCCCCCCCC/C=C/C(O)C(COC1OC(CO)C(O)C(O)C1O)NC(=O)CCCC. The van der Waals surface area contributed by atoms with E-state index in [4.69, 9.17) is 9.47 Å². The lowest BCUT2D eigenvalue weighted by atomic mass is 9.99. The molecule has 1 amide bonds. The average Bonchev–Trinajstić information content (AvgIpc) is 2.95. The zero-order chi connectivity index (χ0) is 29.6. The molecular formula is C31H59NO8. The third-order valence-electron chi connectivity index (χ3n) is 7.61. The van der Waals surface area contributed by atoms with E-state index in [2.05, 4.69) is 12.2 Å². The molecule has 1 aliphatic heterocycles. The summed E-state index contributed by atoms with van der Waals surface area (Å²) in [5.41, 5.74) is 0. The number of carbonyl (C=O) groups is 1. The number of nitrogens with one attached hydrogen (secondary N) is 1. The fourth-order valence-electron chi connectivity index (χ4n) is 4.90. The van der Waals surface area contributed by atoms with Gasteiger partial charge in [0, 0.05) is 6.42 Å². The highest BCUT2D eigenvalue weighted by Crippen LogP contribution is 2.22. The lowest BCUT2D eigenvalue weighted by molar-refractivity contribution is -0.302. The van der Waals surface area contributed by atoms with Crippen molar-refractivity contribution >= 4 is 5.91 Å². The number of amides is 1. The Balaban J connectivity index is 2.37. The largest absolute Gasteiger partial charge is 0.394 e. The van der Waals surface area contributed by atoms with E-state index in [1.165, 1.54) is 70.6 Å². The van der Waals surface area contributed by atoms with Crippen LogP contribution in [0.2, 0.25) is 0 Å². The second kappa shape index (κ2) is 23.5. The Morgan fingerprint density at radius 2 is 1.38 bits per heavy atom. The minimum Gasteiger partial charge on any atom is -0.394 e. The molecule has 9 heteroatoms. The molecule has 9 nitrogen and oxygen atoms in total. The van der Waals surface area contributed by atoms with E-state index in [1.807, 2.05) is 13.0 Å². The summed E-state index contributed by atoms with van der Waals surface area (Å²) in [6.45, 7) is 3.49. The van der Waals surface area contributed by atoms with Crippen LogP contribution in [0.25, 0.3) is 0 Å². The Bertz CT molecular complexity index is 647. The number of hydrogen-bond donors (Lipinski definition) is 6. The number of hydrogen-bond acceptors (Lipinski definition) is 8. The molecule has 236 valence electrons. The highest BCUT2D eigenvalue weighted by molar-refractivity contribution is 5.76. The van der Waals surface area contributed by atoms with Crippen LogP contribution in [0.5, 0.6) is 0 Å². The topological polar surface area (TPSA) is 149 Å². The minimum atomic E-state index is -1.56. The molecule has 1 heterocycles. The van der Waals surface area contributed by atoms with Crippen LogP contribution < -0.4 is 5.32 Å². The molecule has 1 aliphatic rings. The van der Waals surface area contributed by atoms with Crippen LogP contribution >= 0.6 is 0 Å². The summed E-state index contributed by atoms with van der Waals surface area (Å²) in [4.78, 5) is 12.3. The number of ether oxygens (including phenoxy) is 2. The van der Waals surface area contributed by atoms with Gasteiger partial charge in [0.2, 0.25) is 5.91 Å². The Morgan fingerprint density at radius 3 is 1.93 bits per heavy atom. The van der Waals surface area contributed by atoms with Crippen molar-refractivity contribution in [3.05, 3.63) is 12.2 Å². The van der Waals surface area contributed by atoms with Gasteiger partial charge < -0.3 is 40.3 Å². The van der Waals surface area contributed by atoms with Gasteiger partial charge >= 0.3 is 0 Å². The van der Waals surface area contributed by atoms with Crippen molar-refractivity contribution in [3.63, 3.8) is 0 Å². The zero-order valence-corrected chi connectivity index (χ0v) is 25.1. The van der Waals surface area contributed by atoms with Gasteiger partial charge in [-0.3, -0.25) is 4.79 Å². The highest BCUT2D eigenvalue weighted by Gasteiger charge is 2.44.